The number of hydrogen-bond donors (Lipinski definition) is 1. The highest BCUT2D eigenvalue weighted by molar-refractivity contribution is 5.42. The second-order valence-corrected chi connectivity index (χ2v) is 3.49. The third kappa shape index (κ3) is 3.62. The largest absolute Gasteiger partial charge is 0.496 e. The van der Waals surface area contributed by atoms with Crippen molar-refractivity contribution in [2.45, 2.75) is 19.4 Å². The molecule has 90 valence electrons. The quantitative estimate of drug-likeness (QED) is 0.804. The van der Waals surface area contributed by atoms with E-state index in [0.717, 1.165) is 0 Å². The van der Waals surface area contributed by atoms with Gasteiger partial charge in [0.1, 0.15) is 17.2 Å². The maximum atomic E-state index is 8.79. The van der Waals surface area contributed by atoms with E-state index in [1.165, 1.54) is 0 Å². The maximum Gasteiger partial charge on any atom is 0.127 e. The number of aliphatic hydroxyl groups is 1. The average Bonchev–Trinajstić information content (AvgIpc) is 2.28. The summed E-state index contributed by atoms with van der Waals surface area (Å²) >= 11 is 0. The van der Waals surface area contributed by atoms with Gasteiger partial charge in [-0.2, -0.15) is 0 Å². The highest BCUT2D eigenvalue weighted by Crippen LogP contribution is 2.28. The zero-order chi connectivity index (χ0) is 12.0. The summed E-state index contributed by atoms with van der Waals surface area (Å²) < 4.78 is 15.9. The molecule has 1 aromatic rings. The Hall–Kier alpha value is -1.42. The van der Waals surface area contributed by atoms with Crippen LogP contribution >= 0.6 is 0 Å². The summed E-state index contributed by atoms with van der Waals surface area (Å²) in [4.78, 5) is 0. The van der Waals surface area contributed by atoms with Crippen LogP contribution in [0.1, 0.15) is 13.3 Å². The fourth-order valence-corrected chi connectivity index (χ4v) is 1.32. The molecule has 0 bridgehead atoms. The van der Waals surface area contributed by atoms with Crippen LogP contribution in [0, 0.1) is 0 Å². The lowest BCUT2D eigenvalue weighted by Gasteiger charge is -2.15. The number of aliphatic hydroxyl groups excluding tert-OH is 1. The number of rotatable bonds is 6. The van der Waals surface area contributed by atoms with Crippen LogP contribution in [0.15, 0.2) is 18.2 Å². The highest BCUT2D eigenvalue weighted by Gasteiger charge is 2.06. The van der Waals surface area contributed by atoms with Crippen molar-refractivity contribution in [1.29, 1.82) is 0 Å². The van der Waals surface area contributed by atoms with E-state index in [1.807, 2.05) is 6.92 Å². The number of benzene rings is 1. The van der Waals surface area contributed by atoms with Gasteiger partial charge >= 0.3 is 0 Å². The van der Waals surface area contributed by atoms with Gasteiger partial charge in [-0.05, 0) is 6.92 Å². The minimum Gasteiger partial charge on any atom is -0.496 e. The summed E-state index contributed by atoms with van der Waals surface area (Å²) in [6.45, 7) is 2.02. The molecule has 0 aliphatic carbocycles. The van der Waals surface area contributed by atoms with Crippen LogP contribution < -0.4 is 14.2 Å². The maximum absolute atomic E-state index is 8.79. The number of hydrogen-bond acceptors (Lipinski definition) is 4. The Morgan fingerprint density at radius 2 is 1.56 bits per heavy atom. The first-order valence-corrected chi connectivity index (χ1v) is 5.20. The van der Waals surface area contributed by atoms with Crippen molar-refractivity contribution >= 4 is 0 Å². The van der Waals surface area contributed by atoms with Gasteiger partial charge in [-0.1, -0.05) is 0 Å². The normalized spacial score (nSPS) is 12.0. The molecule has 0 aromatic heterocycles. The number of ether oxygens (including phenoxy) is 3. The molecule has 0 amide bonds. The van der Waals surface area contributed by atoms with Crippen molar-refractivity contribution in [2.75, 3.05) is 20.8 Å². The summed E-state index contributed by atoms with van der Waals surface area (Å²) in [6.07, 6.45) is 0.557. The lowest BCUT2D eigenvalue weighted by atomic mass is 10.2. The molecular weight excluding hydrogens is 208 g/mol. The molecule has 4 nitrogen and oxygen atoms in total. The molecule has 4 heteroatoms. The van der Waals surface area contributed by atoms with Gasteiger partial charge in [0.15, 0.2) is 0 Å². The summed E-state index contributed by atoms with van der Waals surface area (Å²) in [5, 5.41) is 8.79. The Kier molecular flexibility index (Phi) is 4.92. The van der Waals surface area contributed by atoms with Crippen LogP contribution in [0.2, 0.25) is 0 Å². The third-order valence-corrected chi connectivity index (χ3v) is 2.20. The van der Waals surface area contributed by atoms with E-state index in [-0.39, 0.29) is 12.7 Å². The van der Waals surface area contributed by atoms with Gasteiger partial charge in [-0.15, -0.1) is 0 Å². The van der Waals surface area contributed by atoms with Crippen molar-refractivity contribution in [1.82, 2.24) is 0 Å². The standard InChI is InChI=1S/C12H18O4/c1-9(4-5-13)16-12-7-10(14-2)6-11(8-12)15-3/h6-9,13H,4-5H2,1-3H3. The van der Waals surface area contributed by atoms with Crippen LogP contribution in [0.5, 0.6) is 17.2 Å². The molecule has 0 fully saturated rings. The molecule has 1 rings (SSSR count). The first-order chi connectivity index (χ1) is 7.69. The molecule has 0 heterocycles. The van der Waals surface area contributed by atoms with Crippen molar-refractivity contribution in [3.05, 3.63) is 18.2 Å². The molecule has 0 spiro atoms. The molecule has 0 aliphatic heterocycles. The molecule has 1 aromatic carbocycles. The molecule has 1 N–H and O–H groups in total. The second-order valence-electron chi connectivity index (χ2n) is 3.49. The molecule has 0 saturated heterocycles. The Morgan fingerprint density at radius 3 is 2.00 bits per heavy atom. The van der Waals surface area contributed by atoms with Gasteiger partial charge in [-0.25, -0.2) is 0 Å². The van der Waals surface area contributed by atoms with Crippen molar-refractivity contribution in [3.63, 3.8) is 0 Å². The fraction of sp³-hybridized carbons (Fsp3) is 0.500. The van der Waals surface area contributed by atoms with E-state index in [2.05, 4.69) is 0 Å². The van der Waals surface area contributed by atoms with Crippen molar-refractivity contribution < 1.29 is 19.3 Å². The van der Waals surface area contributed by atoms with Crippen molar-refractivity contribution in [2.24, 2.45) is 0 Å². The average molecular weight is 226 g/mol. The zero-order valence-corrected chi connectivity index (χ0v) is 9.90. The van der Waals surface area contributed by atoms with Crippen LogP contribution in [0.25, 0.3) is 0 Å². The van der Waals surface area contributed by atoms with Crippen LogP contribution in [0.4, 0.5) is 0 Å². The van der Waals surface area contributed by atoms with E-state index < -0.39 is 0 Å². The predicted octanol–water partition coefficient (Wildman–Crippen LogP) is 1.85. The first-order valence-electron chi connectivity index (χ1n) is 5.20. The van der Waals surface area contributed by atoms with Gasteiger partial charge in [0, 0.05) is 31.2 Å². The smallest absolute Gasteiger partial charge is 0.127 e. The van der Waals surface area contributed by atoms with Crippen LogP contribution in [-0.2, 0) is 0 Å². The first kappa shape index (κ1) is 12.6. The summed E-state index contributed by atoms with van der Waals surface area (Å²) in [5.41, 5.74) is 0. The van der Waals surface area contributed by atoms with Crippen molar-refractivity contribution in [3.8, 4) is 17.2 Å². The molecule has 1 unspecified atom stereocenters. The highest BCUT2D eigenvalue weighted by atomic mass is 16.5. The number of methoxy groups -OCH3 is 2. The Morgan fingerprint density at radius 1 is 1.06 bits per heavy atom. The fourth-order valence-electron chi connectivity index (χ4n) is 1.32. The Bertz CT molecular complexity index is 303. The lowest BCUT2D eigenvalue weighted by molar-refractivity contribution is 0.168. The molecular formula is C12H18O4. The molecule has 1 atom stereocenters. The summed E-state index contributed by atoms with van der Waals surface area (Å²) in [6, 6.07) is 5.36. The molecule has 0 radical (unpaired) electrons. The summed E-state index contributed by atoms with van der Waals surface area (Å²) in [5.74, 6) is 2.05. The van der Waals surface area contributed by atoms with E-state index in [9.17, 15) is 0 Å². The SMILES string of the molecule is COc1cc(OC)cc(OC(C)CCO)c1. The molecule has 16 heavy (non-hydrogen) atoms. The zero-order valence-electron chi connectivity index (χ0n) is 9.90. The minimum absolute atomic E-state index is 0.0400. The Labute approximate surface area is 95.8 Å². The topological polar surface area (TPSA) is 47.9 Å². The van der Waals surface area contributed by atoms with Crippen LogP contribution in [-0.4, -0.2) is 32.0 Å². The van der Waals surface area contributed by atoms with Crippen LogP contribution in [0.3, 0.4) is 0 Å². The van der Waals surface area contributed by atoms with Gasteiger partial charge in [0.25, 0.3) is 0 Å². The van der Waals surface area contributed by atoms with E-state index in [1.54, 1.807) is 32.4 Å². The molecule has 0 aliphatic rings. The van der Waals surface area contributed by atoms with Gasteiger partial charge in [0.05, 0.1) is 20.3 Å². The molecule has 0 saturated carbocycles. The minimum atomic E-state index is -0.0400. The monoisotopic (exact) mass is 226 g/mol. The lowest BCUT2D eigenvalue weighted by Crippen LogP contribution is -2.13. The Balaban J connectivity index is 2.78. The van der Waals surface area contributed by atoms with Gasteiger partial charge in [-0.3, -0.25) is 0 Å². The predicted molar refractivity (Wildman–Crippen MR) is 61.3 cm³/mol. The van der Waals surface area contributed by atoms with E-state index in [0.29, 0.717) is 23.7 Å². The van der Waals surface area contributed by atoms with Gasteiger partial charge < -0.3 is 19.3 Å². The third-order valence-electron chi connectivity index (χ3n) is 2.20. The van der Waals surface area contributed by atoms with Gasteiger partial charge in [0.2, 0.25) is 0 Å². The van der Waals surface area contributed by atoms with E-state index >= 15 is 0 Å². The van der Waals surface area contributed by atoms with E-state index in [4.69, 9.17) is 19.3 Å². The second kappa shape index (κ2) is 6.23. The summed E-state index contributed by atoms with van der Waals surface area (Å²) in [7, 11) is 3.19.